The number of benzene rings is 5. The molecule has 1 aromatic heterocycles. The molecule has 0 fully saturated rings. The van der Waals surface area contributed by atoms with Crippen molar-refractivity contribution in [3.05, 3.63) is 173 Å². The first-order valence-corrected chi connectivity index (χ1v) is 19.9. The smallest absolute Gasteiger partial charge is 0.508 e. The van der Waals surface area contributed by atoms with Crippen LogP contribution >= 0.6 is 0 Å². The van der Waals surface area contributed by atoms with Crippen LogP contribution in [-0.4, -0.2) is 28.5 Å². The van der Waals surface area contributed by atoms with E-state index in [-0.39, 0.29) is 31.9 Å². The summed E-state index contributed by atoms with van der Waals surface area (Å²) in [5, 5.41) is 2.54. The minimum Gasteiger partial charge on any atom is -0.508 e. The molecule has 5 nitrogen and oxygen atoms in total. The minimum absolute atomic E-state index is 0. The number of rotatable bonds is 4. The van der Waals surface area contributed by atoms with Crippen LogP contribution < -0.4 is 9.80 Å². The van der Waals surface area contributed by atoms with Crippen molar-refractivity contribution in [1.82, 2.24) is 14.4 Å². The molecule has 0 amide bonds. The number of anilines is 2. The summed E-state index contributed by atoms with van der Waals surface area (Å²) in [6.45, 7) is 27.0. The van der Waals surface area contributed by atoms with E-state index in [9.17, 15) is 0 Å². The van der Waals surface area contributed by atoms with Crippen LogP contribution in [0.3, 0.4) is 0 Å². The Kier molecular flexibility index (Phi) is 9.21. The molecular formula is C51H53N5Pt. The molecule has 5 aromatic carbocycles. The molecule has 1 unspecified atom stereocenters. The van der Waals surface area contributed by atoms with Crippen molar-refractivity contribution in [2.75, 3.05) is 23.9 Å². The Morgan fingerprint density at radius 3 is 1.81 bits per heavy atom. The van der Waals surface area contributed by atoms with Gasteiger partial charge in [0.25, 0.3) is 0 Å². The molecule has 0 saturated heterocycles. The van der Waals surface area contributed by atoms with E-state index < -0.39 is 5.41 Å². The Bertz CT molecular complexity index is 2650. The second-order valence-electron chi connectivity index (χ2n) is 18.2. The molecule has 1 atom stereocenters. The largest absolute Gasteiger partial charge is 4.00 e. The molecule has 9 rings (SSSR count). The average Bonchev–Trinajstić information content (AvgIpc) is 3.75. The minimum atomic E-state index is -0.768. The Labute approximate surface area is 354 Å². The van der Waals surface area contributed by atoms with Gasteiger partial charge < -0.3 is 24.2 Å². The second-order valence-corrected chi connectivity index (χ2v) is 18.2. The zero-order chi connectivity index (χ0) is 39.6. The molecule has 0 saturated carbocycles. The number of hydrogen-bond donors (Lipinski definition) is 0. The van der Waals surface area contributed by atoms with Gasteiger partial charge in [0.2, 0.25) is 0 Å². The van der Waals surface area contributed by atoms with Crippen LogP contribution in [0, 0.1) is 25.5 Å². The Morgan fingerprint density at radius 2 is 1.21 bits per heavy atom. The maximum absolute atomic E-state index is 4.16. The van der Waals surface area contributed by atoms with Crippen LogP contribution in [0.4, 0.5) is 11.4 Å². The fraction of sp³-hybridized carbons (Fsp3) is 0.294. The van der Waals surface area contributed by atoms with Gasteiger partial charge in [-0.1, -0.05) is 102 Å². The van der Waals surface area contributed by atoms with Gasteiger partial charge in [-0.25, -0.2) is 0 Å². The van der Waals surface area contributed by atoms with E-state index in [0.717, 1.165) is 28.2 Å². The summed E-state index contributed by atoms with van der Waals surface area (Å²) in [5.41, 5.74) is 16.9. The predicted octanol–water partition coefficient (Wildman–Crippen LogP) is 11.9. The van der Waals surface area contributed by atoms with E-state index in [0.29, 0.717) is 0 Å². The first-order chi connectivity index (χ1) is 26.5. The molecule has 3 aliphatic heterocycles. The van der Waals surface area contributed by atoms with E-state index >= 15 is 0 Å². The quantitative estimate of drug-likeness (QED) is 0.164. The standard InChI is InChI=1S/C51H53N5.Pt/c1-32-34(3)54(30-52(32)11)40-22-24-47-45(29-40)51(36-17-14-13-15-18-36,39-25-38(50(8,9)10)26-41(27-39)55-31-53(12)33(2)35(55)4)44-20-16-19-42-43-28-37(49(5,6)7)21-23-46(43)56(47)48(42)44;/h13-26,28,30-31H,1-12H3;/q-4;+4. The van der Waals surface area contributed by atoms with Crippen molar-refractivity contribution >= 4 is 33.2 Å². The monoisotopic (exact) mass is 930 g/mol. The van der Waals surface area contributed by atoms with Crippen molar-refractivity contribution in [3.63, 3.8) is 0 Å². The molecule has 0 radical (unpaired) electrons. The molecule has 0 bridgehead atoms. The van der Waals surface area contributed by atoms with Crippen molar-refractivity contribution in [2.45, 2.75) is 85.5 Å². The van der Waals surface area contributed by atoms with Crippen LogP contribution in [0.2, 0.25) is 0 Å². The van der Waals surface area contributed by atoms with Crippen LogP contribution in [0.1, 0.15) is 103 Å². The van der Waals surface area contributed by atoms with Gasteiger partial charge in [0, 0.05) is 38.6 Å². The number of nitrogens with zero attached hydrogens (tertiary/aromatic N) is 5. The topological polar surface area (TPSA) is 17.9 Å². The summed E-state index contributed by atoms with van der Waals surface area (Å²) in [6.07, 6.45) is 0. The molecule has 4 heterocycles. The van der Waals surface area contributed by atoms with E-state index in [2.05, 4.69) is 224 Å². The number of fused-ring (bicyclic) bond motifs is 5. The average molecular weight is 931 g/mol. The molecular weight excluding hydrogens is 878 g/mol. The fourth-order valence-electron chi connectivity index (χ4n) is 9.09. The predicted molar refractivity (Wildman–Crippen MR) is 234 cm³/mol. The molecule has 6 aromatic rings. The van der Waals surface area contributed by atoms with Crippen molar-refractivity contribution in [1.29, 1.82) is 0 Å². The summed E-state index contributed by atoms with van der Waals surface area (Å²) in [6, 6.07) is 42.9. The summed E-state index contributed by atoms with van der Waals surface area (Å²) in [5.74, 6) is 0. The molecule has 57 heavy (non-hydrogen) atoms. The number of allylic oxidation sites excluding steroid dienone is 4. The van der Waals surface area contributed by atoms with Gasteiger partial charge in [0.05, 0.1) is 0 Å². The zero-order valence-electron chi connectivity index (χ0n) is 35.4. The van der Waals surface area contributed by atoms with E-state index in [1.54, 1.807) is 0 Å². The first-order valence-electron chi connectivity index (χ1n) is 19.9. The summed E-state index contributed by atoms with van der Waals surface area (Å²) >= 11 is 0. The van der Waals surface area contributed by atoms with Gasteiger partial charge in [-0.05, 0) is 92.8 Å². The molecule has 0 aliphatic carbocycles. The van der Waals surface area contributed by atoms with Crippen LogP contribution in [-0.2, 0) is 37.3 Å². The van der Waals surface area contributed by atoms with Crippen LogP contribution in [0.15, 0.2) is 114 Å². The maximum Gasteiger partial charge on any atom is 4.00 e. The summed E-state index contributed by atoms with van der Waals surface area (Å²) < 4.78 is 2.52. The number of para-hydroxylation sites is 1. The summed E-state index contributed by atoms with van der Waals surface area (Å²) in [4.78, 5) is 9.01. The molecule has 0 spiro atoms. The molecule has 0 N–H and O–H groups in total. The van der Waals surface area contributed by atoms with Gasteiger partial charge in [-0.3, -0.25) is 0 Å². The van der Waals surface area contributed by atoms with Gasteiger partial charge in [-0.15, -0.1) is 40.7 Å². The van der Waals surface area contributed by atoms with Gasteiger partial charge in [0.1, 0.15) is 0 Å². The molecule has 3 aliphatic rings. The Hall–Kier alpha value is -4.73. The second kappa shape index (κ2) is 13.4. The third-order valence-electron chi connectivity index (χ3n) is 12.8. The zero-order valence-corrected chi connectivity index (χ0v) is 37.6. The van der Waals surface area contributed by atoms with Crippen LogP contribution in [0.25, 0.3) is 27.5 Å². The Morgan fingerprint density at radius 1 is 0.579 bits per heavy atom. The fourth-order valence-corrected chi connectivity index (χ4v) is 9.09. The maximum atomic E-state index is 4.16. The van der Waals surface area contributed by atoms with E-state index in [1.807, 2.05) is 0 Å². The summed E-state index contributed by atoms with van der Waals surface area (Å²) in [7, 11) is 4.25. The Balaban J connectivity index is 0.00000455. The van der Waals surface area contributed by atoms with Crippen molar-refractivity contribution in [2.24, 2.45) is 0 Å². The third kappa shape index (κ3) is 5.74. The normalized spacial score (nSPS) is 18.4. The SMILES string of the molecule is CC1=C(C)N(c2[c-]c3c(cc2)-n2c4ccc(C(C)(C)C)cc4c4cccc(c42)C3(c2[c-]c(N3[CH-]N(C)C(C)=C3C)cc(C(C)(C)C)c2)c2ccccc2)[CH-]N1C.[Pt+4]. The van der Waals surface area contributed by atoms with Gasteiger partial charge >= 0.3 is 21.1 Å². The van der Waals surface area contributed by atoms with E-state index in [1.165, 1.54) is 66.8 Å². The third-order valence-corrected chi connectivity index (χ3v) is 12.8. The van der Waals surface area contributed by atoms with Crippen molar-refractivity contribution in [3.8, 4) is 5.69 Å². The van der Waals surface area contributed by atoms with Gasteiger partial charge in [0.15, 0.2) is 0 Å². The van der Waals surface area contributed by atoms with Crippen molar-refractivity contribution < 1.29 is 21.1 Å². The van der Waals surface area contributed by atoms with Crippen LogP contribution in [0.5, 0.6) is 0 Å². The number of aromatic nitrogens is 1. The van der Waals surface area contributed by atoms with E-state index in [4.69, 9.17) is 0 Å². The first kappa shape index (κ1) is 39.1. The van der Waals surface area contributed by atoms with Gasteiger partial charge in [-0.2, -0.15) is 37.1 Å². The number of hydrogen-bond acceptors (Lipinski definition) is 4. The molecule has 292 valence electrons. The molecule has 6 heteroatoms.